The minimum Gasteiger partial charge on any atom is -0.491 e. The monoisotopic (exact) mass is 395 g/mol. The van der Waals surface area contributed by atoms with E-state index < -0.39 is 16.7 Å². The van der Waals surface area contributed by atoms with E-state index in [4.69, 9.17) is 10.5 Å². The third-order valence-corrected chi connectivity index (χ3v) is 3.89. The van der Waals surface area contributed by atoms with Gasteiger partial charge in [0.25, 0.3) is 11.6 Å². The molecule has 0 spiro atoms. The van der Waals surface area contributed by atoms with Gasteiger partial charge in [-0.1, -0.05) is 12.1 Å². The van der Waals surface area contributed by atoms with Crippen molar-refractivity contribution in [1.29, 1.82) is 0 Å². The van der Waals surface area contributed by atoms with E-state index in [1.807, 2.05) is 0 Å². The van der Waals surface area contributed by atoms with Gasteiger partial charge in [0.2, 0.25) is 5.91 Å². The molecule has 148 valence electrons. The van der Waals surface area contributed by atoms with Crippen LogP contribution in [0.1, 0.15) is 16.9 Å². The molecular formula is C19H17N5O5. The van der Waals surface area contributed by atoms with Crippen LogP contribution in [0, 0.1) is 10.1 Å². The van der Waals surface area contributed by atoms with Crippen LogP contribution in [-0.4, -0.2) is 33.1 Å². The van der Waals surface area contributed by atoms with Gasteiger partial charge in [-0.2, -0.15) is 5.10 Å². The number of aromatic nitrogens is 2. The van der Waals surface area contributed by atoms with Crippen molar-refractivity contribution in [3.63, 3.8) is 0 Å². The first-order valence-electron chi connectivity index (χ1n) is 8.56. The molecule has 1 aromatic heterocycles. The number of ether oxygens (including phenoxy) is 1. The molecule has 3 N–H and O–H groups in total. The molecule has 2 amide bonds. The number of nitro benzene ring substituents is 1. The molecule has 0 bridgehead atoms. The number of nitrogens with two attached hydrogens (primary N) is 1. The Balaban J connectivity index is 1.71. The summed E-state index contributed by atoms with van der Waals surface area (Å²) >= 11 is 0. The largest absolute Gasteiger partial charge is 0.491 e. The normalized spacial score (nSPS) is 10.3. The lowest BCUT2D eigenvalue weighted by molar-refractivity contribution is -0.384. The van der Waals surface area contributed by atoms with E-state index in [-0.39, 0.29) is 24.4 Å². The van der Waals surface area contributed by atoms with Crippen molar-refractivity contribution in [3.05, 3.63) is 76.6 Å². The second-order valence-electron chi connectivity index (χ2n) is 5.93. The lowest BCUT2D eigenvalue weighted by atomic mass is 10.2. The van der Waals surface area contributed by atoms with Gasteiger partial charge in [0, 0.05) is 18.3 Å². The number of amides is 2. The fourth-order valence-electron chi connectivity index (χ4n) is 2.46. The second-order valence-corrected chi connectivity index (χ2v) is 5.93. The van der Waals surface area contributed by atoms with Gasteiger partial charge >= 0.3 is 0 Å². The Morgan fingerprint density at radius 1 is 1.14 bits per heavy atom. The number of non-ortho nitro benzene ring substituents is 1. The molecule has 10 heteroatoms. The van der Waals surface area contributed by atoms with Gasteiger partial charge in [0.1, 0.15) is 5.75 Å². The van der Waals surface area contributed by atoms with Gasteiger partial charge in [0.05, 0.1) is 29.3 Å². The standard InChI is InChI=1S/C19H17N5O5/c20-18(25)10-12-29-17-4-2-1-3-15(17)21-19(26)16-9-11-23(22-16)13-5-7-14(8-6-13)24(27)28/h1-9,11H,10,12H2,(H2,20,25)(H,21,26). The van der Waals surface area contributed by atoms with E-state index in [0.717, 1.165) is 0 Å². The van der Waals surface area contributed by atoms with Crippen LogP contribution in [0.25, 0.3) is 5.69 Å². The number of rotatable bonds is 8. The fourth-order valence-corrected chi connectivity index (χ4v) is 2.46. The zero-order chi connectivity index (χ0) is 20.8. The van der Waals surface area contributed by atoms with Crippen LogP contribution in [0.2, 0.25) is 0 Å². The molecule has 0 saturated carbocycles. The average Bonchev–Trinajstić information content (AvgIpc) is 3.19. The first kappa shape index (κ1) is 19.5. The summed E-state index contributed by atoms with van der Waals surface area (Å²) in [7, 11) is 0. The Hall–Kier alpha value is -4.21. The first-order valence-corrected chi connectivity index (χ1v) is 8.56. The quantitative estimate of drug-likeness (QED) is 0.442. The van der Waals surface area contributed by atoms with Gasteiger partial charge in [-0.3, -0.25) is 19.7 Å². The molecule has 0 unspecified atom stereocenters. The summed E-state index contributed by atoms with van der Waals surface area (Å²) in [5.41, 5.74) is 6.20. The number of nitro groups is 1. The highest BCUT2D eigenvalue weighted by Crippen LogP contribution is 2.24. The summed E-state index contributed by atoms with van der Waals surface area (Å²) in [4.78, 5) is 33.6. The lowest BCUT2D eigenvalue weighted by Crippen LogP contribution is -2.16. The van der Waals surface area contributed by atoms with E-state index in [2.05, 4.69) is 10.4 Å². The Morgan fingerprint density at radius 2 is 1.86 bits per heavy atom. The average molecular weight is 395 g/mol. The van der Waals surface area contributed by atoms with Crippen LogP contribution in [0.3, 0.4) is 0 Å². The molecular weight excluding hydrogens is 378 g/mol. The Kier molecular flexibility index (Phi) is 5.83. The van der Waals surface area contributed by atoms with E-state index in [0.29, 0.717) is 17.1 Å². The molecule has 0 radical (unpaired) electrons. The van der Waals surface area contributed by atoms with Crippen LogP contribution < -0.4 is 15.8 Å². The van der Waals surface area contributed by atoms with Gasteiger partial charge in [-0.05, 0) is 30.3 Å². The van der Waals surface area contributed by atoms with E-state index in [1.165, 1.54) is 35.0 Å². The van der Waals surface area contributed by atoms with Crippen molar-refractivity contribution in [1.82, 2.24) is 9.78 Å². The van der Waals surface area contributed by atoms with Crippen LogP contribution in [0.5, 0.6) is 5.75 Å². The summed E-state index contributed by atoms with van der Waals surface area (Å²) in [5.74, 6) is -0.545. The molecule has 3 aromatic rings. The number of primary amides is 1. The number of nitrogens with zero attached hydrogens (tertiary/aromatic N) is 3. The van der Waals surface area contributed by atoms with Crippen LogP contribution in [0.15, 0.2) is 60.8 Å². The molecule has 0 aliphatic rings. The highest BCUT2D eigenvalue weighted by atomic mass is 16.6. The van der Waals surface area contributed by atoms with Crippen molar-refractivity contribution in [2.45, 2.75) is 6.42 Å². The maximum absolute atomic E-state index is 12.5. The number of carbonyl (C=O) groups is 2. The predicted molar refractivity (Wildman–Crippen MR) is 104 cm³/mol. The number of anilines is 1. The van der Waals surface area contributed by atoms with E-state index >= 15 is 0 Å². The molecule has 3 rings (SSSR count). The SMILES string of the molecule is NC(=O)CCOc1ccccc1NC(=O)c1ccn(-c2ccc([N+](=O)[O-])cc2)n1. The number of para-hydroxylation sites is 2. The summed E-state index contributed by atoms with van der Waals surface area (Å²) in [5, 5.41) is 17.6. The van der Waals surface area contributed by atoms with Gasteiger partial charge < -0.3 is 15.8 Å². The number of carbonyl (C=O) groups excluding carboxylic acids is 2. The van der Waals surface area contributed by atoms with Crippen LogP contribution >= 0.6 is 0 Å². The summed E-state index contributed by atoms with van der Waals surface area (Å²) in [6.45, 7) is 0.0942. The molecule has 0 aliphatic heterocycles. The highest BCUT2D eigenvalue weighted by Gasteiger charge is 2.14. The molecule has 2 aromatic carbocycles. The molecule has 1 heterocycles. The second kappa shape index (κ2) is 8.65. The van der Waals surface area contributed by atoms with E-state index in [1.54, 1.807) is 30.5 Å². The summed E-state index contributed by atoms with van der Waals surface area (Å²) in [6, 6.07) is 14.1. The third kappa shape index (κ3) is 4.95. The fraction of sp³-hybridized carbons (Fsp3) is 0.105. The predicted octanol–water partition coefficient (Wildman–Crippen LogP) is 2.29. The summed E-state index contributed by atoms with van der Waals surface area (Å²) < 4.78 is 6.93. The molecule has 29 heavy (non-hydrogen) atoms. The van der Waals surface area contributed by atoms with Crippen LogP contribution in [-0.2, 0) is 4.79 Å². The van der Waals surface area contributed by atoms with E-state index in [9.17, 15) is 19.7 Å². The number of benzene rings is 2. The molecule has 0 aliphatic carbocycles. The zero-order valence-electron chi connectivity index (χ0n) is 15.1. The highest BCUT2D eigenvalue weighted by molar-refractivity contribution is 6.03. The number of hydrogen-bond donors (Lipinski definition) is 2. The Bertz CT molecular complexity index is 1050. The minimum absolute atomic E-state index is 0.0354. The van der Waals surface area contributed by atoms with Crippen molar-refractivity contribution in [2.75, 3.05) is 11.9 Å². The van der Waals surface area contributed by atoms with Gasteiger partial charge in [-0.15, -0.1) is 0 Å². The summed E-state index contributed by atoms with van der Waals surface area (Å²) in [6.07, 6.45) is 1.63. The number of nitrogens with one attached hydrogen (secondary N) is 1. The third-order valence-electron chi connectivity index (χ3n) is 3.89. The maximum Gasteiger partial charge on any atom is 0.276 e. The van der Waals surface area contributed by atoms with Crippen molar-refractivity contribution < 1.29 is 19.2 Å². The Morgan fingerprint density at radius 3 is 2.55 bits per heavy atom. The van der Waals surface area contributed by atoms with Crippen LogP contribution in [0.4, 0.5) is 11.4 Å². The first-order chi connectivity index (χ1) is 13.9. The molecule has 0 saturated heterocycles. The minimum atomic E-state index is -0.491. The zero-order valence-corrected chi connectivity index (χ0v) is 15.1. The maximum atomic E-state index is 12.5. The lowest BCUT2D eigenvalue weighted by Gasteiger charge is -2.11. The van der Waals surface area contributed by atoms with Crippen molar-refractivity contribution in [2.24, 2.45) is 5.73 Å². The molecule has 0 atom stereocenters. The number of hydrogen-bond acceptors (Lipinski definition) is 6. The van der Waals surface area contributed by atoms with Gasteiger partial charge in [-0.25, -0.2) is 4.68 Å². The van der Waals surface area contributed by atoms with Crippen molar-refractivity contribution in [3.8, 4) is 11.4 Å². The molecule has 10 nitrogen and oxygen atoms in total. The topological polar surface area (TPSA) is 142 Å². The smallest absolute Gasteiger partial charge is 0.276 e. The van der Waals surface area contributed by atoms with Crippen molar-refractivity contribution >= 4 is 23.2 Å². The molecule has 0 fully saturated rings. The Labute approximate surface area is 165 Å². The van der Waals surface area contributed by atoms with Gasteiger partial charge in [0.15, 0.2) is 5.69 Å².